The van der Waals surface area contributed by atoms with E-state index < -0.39 is 0 Å². The first-order valence-electron chi connectivity index (χ1n) is 7.66. The number of carbonyl (C=O) groups excluding carboxylic acids is 1. The molecule has 3 rings (SSSR count). The zero-order valence-corrected chi connectivity index (χ0v) is 14.7. The Bertz CT molecular complexity index is 790. The Morgan fingerprint density at radius 1 is 1.52 bits per heavy atom. The number of fused-ring (bicyclic) bond motifs is 1. The maximum Gasteiger partial charge on any atom is 0.272 e. The highest BCUT2D eigenvalue weighted by Gasteiger charge is 2.25. The molecule has 1 aliphatic rings. The summed E-state index contributed by atoms with van der Waals surface area (Å²) in [4.78, 5) is 31.6. The number of allylic oxidation sites excluding steroid dienone is 1. The molecule has 5 nitrogen and oxygen atoms in total. The maximum atomic E-state index is 12.6. The molecule has 2 aromatic heterocycles. The molecule has 1 aliphatic heterocycles. The average molecular weight is 349 g/mol. The predicted octanol–water partition coefficient (Wildman–Crippen LogP) is 2.75. The van der Waals surface area contributed by atoms with Crippen molar-refractivity contribution in [1.82, 2.24) is 14.5 Å². The Hall–Kier alpha value is -1.60. The van der Waals surface area contributed by atoms with Crippen molar-refractivity contribution in [3.63, 3.8) is 0 Å². The van der Waals surface area contributed by atoms with E-state index in [1.807, 2.05) is 23.3 Å². The standard InChI is InChI=1S/C16H19N3O2S2/c1-3-7-19-15(21)13-12(6-10-22-13)17-16(19)23-11(2)14(20)18-8-4-5-9-18/h3,6,10-11H,1,4-5,7-9H2,2H3/t11-/m1/s1. The van der Waals surface area contributed by atoms with Gasteiger partial charge in [-0.15, -0.1) is 17.9 Å². The van der Waals surface area contributed by atoms with Gasteiger partial charge in [0.1, 0.15) is 4.70 Å². The quantitative estimate of drug-likeness (QED) is 0.473. The molecule has 1 fully saturated rings. The van der Waals surface area contributed by atoms with E-state index in [9.17, 15) is 9.59 Å². The molecule has 23 heavy (non-hydrogen) atoms. The lowest BCUT2D eigenvalue weighted by Crippen LogP contribution is -2.34. The van der Waals surface area contributed by atoms with Gasteiger partial charge in [-0.25, -0.2) is 4.98 Å². The summed E-state index contributed by atoms with van der Waals surface area (Å²) in [6.45, 7) is 7.66. The molecule has 122 valence electrons. The van der Waals surface area contributed by atoms with Gasteiger partial charge in [0.15, 0.2) is 5.16 Å². The average Bonchev–Trinajstić information content (AvgIpc) is 3.21. The summed E-state index contributed by atoms with van der Waals surface area (Å²) in [5.74, 6) is 0.123. The predicted molar refractivity (Wildman–Crippen MR) is 95.2 cm³/mol. The largest absolute Gasteiger partial charge is 0.342 e. The molecule has 0 unspecified atom stereocenters. The molecular formula is C16H19N3O2S2. The van der Waals surface area contributed by atoms with E-state index >= 15 is 0 Å². The van der Waals surface area contributed by atoms with Crippen LogP contribution in [0, 0.1) is 0 Å². The second kappa shape index (κ2) is 6.88. The highest BCUT2D eigenvalue weighted by Crippen LogP contribution is 2.26. The molecule has 1 atom stereocenters. The van der Waals surface area contributed by atoms with Crippen LogP contribution in [0.1, 0.15) is 19.8 Å². The van der Waals surface area contributed by atoms with Gasteiger partial charge >= 0.3 is 0 Å². The van der Waals surface area contributed by atoms with Crippen molar-refractivity contribution in [2.24, 2.45) is 0 Å². The summed E-state index contributed by atoms with van der Waals surface area (Å²) in [6.07, 6.45) is 3.83. The molecule has 7 heteroatoms. The normalized spacial score (nSPS) is 16.0. The summed E-state index contributed by atoms with van der Waals surface area (Å²) in [5.41, 5.74) is 0.636. The van der Waals surface area contributed by atoms with E-state index in [4.69, 9.17) is 0 Å². The highest BCUT2D eigenvalue weighted by molar-refractivity contribution is 8.00. The van der Waals surface area contributed by atoms with E-state index in [1.54, 1.807) is 10.6 Å². The van der Waals surface area contributed by atoms with E-state index in [1.165, 1.54) is 23.1 Å². The van der Waals surface area contributed by atoms with Gasteiger partial charge in [0.25, 0.3) is 5.56 Å². The van der Waals surface area contributed by atoms with Crippen LogP contribution >= 0.6 is 23.1 Å². The van der Waals surface area contributed by atoms with Crippen LogP contribution in [0.4, 0.5) is 0 Å². The Balaban J connectivity index is 1.91. The summed E-state index contributed by atoms with van der Waals surface area (Å²) in [7, 11) is 0. The maximum absolute atomic E-state index is 12.6. The van der Waals surface area contributed by atoms with Gasteiger partial charge in [0, 0.05) is 19.6 Å². The first-order valence-corrected chi connectivity index (χ1v) is 9.42. The molecule has 0 radical (unpaired) electrons. The number of amides is 1. The van der Waals surface area contributed by atoms with Crippen LogP contribution in [0.3, 0.4) is 0 Å². The zero-order chi connectivity index (χ0) is 16.4. The first-order chi connectivity index (χ1) is 11.1. The Kier molecular flexibility index (Phi) is 4.87. The summed E-state index contributed by atoms with van der Waals surface area (Å²) in [6, 6.07) is 1.84. The van der Waals surface area contributed by atoms with Gasteiger partial charge in [-0.05, 0) is 31.2 Å². The third-order valence-electron chi connectivity index (χ3n) is 3.89. The minimum atomic E-state index is -0.257. The van der Waals surface area contributed by atoms with Crippen LogP contribution in [0.15, 0.2) is 34.1 Å². The number of hydrogen-bond acceptors (Lipinski definition) is 5. The molecule has 1 amide bonds. The lowest BCUT2D eigenvalue weighted by Gasteiger charge is -2.20. The SMILES string of the molecule is C=CCn1c(S[C@H](C)C(=O)N2CCCC2)nc2ccsc2c1=O. The first kappa shape index (κ1) is 16.3. The molecule has 0 aliphatic carbocycles. The van der Waals surface area contributed by atoms with Crippen molar-refractivity contribution in [3.05, 3.63) is 34.5 Å². The number of hydrogen-bond donors (Lipinski definition) is 0. The van der Waals surface area contributed by atoms with Crippen molar-refractivity contribution in [2.75, 3.05) is 13.1 Å². The molecule has 0 saturated carbocycles. The lowest BCUT2D eigenvalue weighted by atomic mass is 10.4. The van der Waals surface area contributed by atoms with Gasteiger partial charge in [-0.3, -0.25) is 14.2 Å². The third kappa shape index (κ3) is 3.21. The van der Waals surface area contributed by atoms with Crippen LogP contribution < -0.4 is 5.56 Å². The van der Waals surface area contributed by atoms with Crippen molar-refractivity contribution < 1.29 is 4.79 Å². The number of aromatic nitrogens is 2. The van der Waals surface area contributed by atoms with Gasteiger partial charge < -0.3 is 4.90 Å². The number of thioether (sulfide) groups is 1. The Morgan fingerprint density at radius 2 is 2.26 bits per heavy atom. The van der Waals surface area contributed by atoms with Crippen LogP contribution in [0.2, 0.25) is 0 Å². The van der Waals surface area contributed by atoms with Gasteiger partial charge in [-0.2, -0.15) is 0 Å². The fraction of sp³-hybridized carbons (Fsp3) is 0.438. The van der Waals surface area contributed by atoms with E-state index in [-0.39, 0.29) is 16.7 Å². The van der Waals surface area contributed by atoms with Crippen molar-refractivity contribution in [3.8, 4) is 0 Å². The van der Waals surface area contributed by atoms with Gasteiger partial charge in [-0.1, -0.05) is 17.8 Å². The van der Waals surface area contributed by atoms with Crippen LogP contribution in [0.25, 0.3) is 10.2 Å². The third-order valence-corrected chi connectivity index (χ3v) is 5.86. The molecule has 0 aromatic carbocycles. The molecule has 0 bridgehead atoms. The summed E-state index contributed by atoms with van der Waals surface area (Å²) in [5, 5.41) is 2.19. The fourth-order valence-electron chi connectivity index (χ4n) is 2.71. The molecule has 1 saturated heterocycles. The molecule has 0 N–H and O–H groups in total. The van der Waals surface area contributed by atoms with Crippen molar-refractivity contribution in [2.45, 2.75) is 36.7 Å². The van der Waals surface area contributed by atoms with Gasteiger partial charge in [0.05, 0.1) is 10.8 Å². The molecule has 0 spiro atoms. The highest BCUT2D eigenvalue weighted by atomic mass is 32.2. The van der Waals surface area contributed by atoms with E-state index in [0.29, 0.717) is 21.9 Å². The number of rotatable bonds is 5. The lowest BCUT2D eigenvalue weighted by molar-refractivity contribution is -0.129. The fourth-order valence-corrected chi connectivity index (χ4v) is 4.49. The van der Waals surface area contributed by atoms with Crippen LogP contribution in [-0.2, 0) is 11.3 Å². The monoisotopic (exact) mass is 349 g/mol. The molecular weight excluding hydrogens is 330 g/mol. The smallest absolute Gasteiger partial charge is 0.272 e. The summed E-state index contributed by atoms with van der Waals surface area (Å²) >= 11 is 2.75. The topological polar surface area (TPSA) is 55.2 Å². The number of thiophene rings is 1. The van der Waals surface area contributed by atoms with Crippen molar-refractivity contribution in [1.29, 1.82) is 0 Å². The second-order valence-electron chi connectivity index (χ2n) is 5.53. The van der Waals surface area contributed by atoms with E-state index in [0.717, 1.165) is 25.9 Å². The molecule has 3 heterocycles. The van der Waals surface area contributed by atoms with Crippen LogP contribution in [-0.4, -0.2) is 38.7 Å². The number of nitrogens with zero attached hydrogens (tertiary/aromatic N) is 3. The van der Waals surface area contributed by atoms with Crippen LogP contribution in [0.5, 0.6) is 0 Å². The Labute approximate surface area is 143 Å². The number of carbonyl (C=O) groups is 1. The van der Waals surface area contributed by atoms with Crippen molar-refractivity contribution >= 4 is 39.2 Å². The summed E-state index contributed by atoms with van der Waals surface area (Å²) < 4.78 is 2.25. The second-order valence-corrected chi connectivity index (χ2v) is 7.75. The minimum absolute atomic E-state index is 0.0618. The van der Waals surface area contributed by atoms with E-state index in [2.05, 4.69) is 11.6 Å². The zero-order valence-electron chi connectivity index (χ0n) is 13.0. The Morgan fingerprint density at radius 3 is 2.96 bits per heavy atom. The van der Waals surface area contributed by atoms with Gasteiger partial charge in [0.2, 0.25) is 5.91 Å². The molecule has 2 aromatic rings. The minimum Gasteiger partial charge on any atom is -0.342 e. The number of likely N-dealkylation sites (tertiary alicyclic amines) is 1.